The number of hydrogen-bond acceptors (Lipinski definition) is 2. The van der Waals surface area contributed by atoms with E-state index in [0.29, 0.717) is 0 Å². The highest BCUT2D eigenvalue weighted by Crippen LogP contribution is 2.34. The first-order valence-corrected chi connectivity index (χ1v) is 8.17. The molecule has 1 heterocycles. The first-order chi connectivity index (χ1) is 11.8. The van der Waals surface area contributed by atoms with Gasteiger partial charge in [0.1, 0.15) is 5.75 Å². The quantitative estimate of drug-likeness (QED) is 0.583. The van der Waals surface area contributed by atoms with Gasteiger partial charge in [0.25, 0.3) is 0 Å². The highest BCUT2D eigenvalue weighted by molar-refractivity contribution is 5.98. The van der Waals surface area contributed by atoms with Crippen molar-refractivity contribution in [1.29, 1.82) is 0 Å². The Hall–Kier alpha value is -2.87. The Morgan fingerprint density at radius 2 is 1.42 bits per heavy atom. The van der Waals surface area contributed by atoms with Crippen molar-refractivity contribution >= 4 is 11.1 Å². The zero-order valence-corrected chi connectivity index (χ0v) is 14.1. The van der Waals surface area contributed by atoms with Gasteiger partial charge in [-0.25, -0.2) is 0 Å². The van der Waals surface area contributed by atoms with Gasteiger partial charge in [0.05, 0.1) is 7.11 Å². The molecule has 2 nitrogen and oxygen atoms in total. The molecule has 0 unspecified atom stereocenters. The van der Waals surface area contributed by atoms with E-state index in [0.717, 1.165) is 12.2 Å². The number of allylic oxidation sites excluding steroid dienone is 1. The Morgan fingerprint density at radius 3 is 2.00 bits per heavy atom. The van der Waals surface area contributed by atoms with E-state index in [1.165, 1.54) is 27.8 Å². The number of benzene rings is 2. The second-order valence-corrected chi connectivity index (χ2v) is 5.54. The van der Waals surface area contributed by atoms with Crippen LogP contribution in [0.2, 0.25) is 0 Å². The average molecular weight is 315 g/mol. The largest absolute Gasteiger partial charge is 0.497 e. The average Bonchev–Trinajstić information content (AvgIpc) is 2.67. The number of hydrogen-bond donors (Lipinski definition) is 0. The van der Waals surface area contributed by atoms with Crippen LogP contribution in [0.3, 0.4) is 0 Å². The van der Waals surface area contributed by atoms with Gasteiger partial charge in [-0.2, -0.15) is 0 Å². The third kappa shape index (κ3) is 3.38. The minimum atomic E-state index is 0.866. The molecule has 120 valence electrons. The predicted octanol–water partition coefficient (Wildman–Crippen LogP) is 5.46. The van der Waals surface area contributed by atoms with Crippen molar-refractivity contribution in [1.82, 2.24) is 4.98 Å². The predicted molar refractivity (Wildman–Crippen MR) is 99.9 cm³/mol. The summed E-state index contributed by atoms with van der Waals surface area (Å²) in [7, 11) is 1.69. The smallest absolute Gasteiger partial charge is 0.118 e. The van der Waals surface area contributed by atoms with Gasteiger partial charge in [-0.05, 0) is 58.5 Å². The number of rotatable bonds is 5. The van der Waals surface area contributed by atoms with Crippen molar-refractivity contribution in [2.24, 2.45) is 0 Å². The van der Waals surface area contributed by atoms with E-state index in [2.05, 4.69) is 66.5 Å². The summed E-state index contributed by atoms with van der Waals surface area (Å²) in [5.41, 5.74) is 6.18. The van der Waals surface area contributed by atoms with Crippen LogP contribution in [0.15, 0.2) is 79.1 Å². The maximum atomic E-state index is 5.30. The molecule has 1 aromatic heterocycles. The van der Waals surface area contributed by atoms with Gasteiger partial charge >= 0.3 is 0 Å². The van der Waals surface area contributed by atoms with Crippen molar-refractivity contribution in [3.05, 3.63) is 95.8 Å². The van der Waals surface area contributed by atoms with E-state index in [-0.39, 0.29) is 0 Å². The number of pyridine rings is 1. The lowest BCUT2D eigenvalue weighted by Gasteiger charge is -2.16. The minimum absolute atomic E-state index is 0.866. The van der Waals surface area contributed by atoms with Crippen LogP contribution in [0, 0.1) is 0 Å². The number of nitrogens with zero attached hydrogens (tertiary/aromatic N) is 1. The van der Waals surface area contributed by atoms with Crippen LogP contribution in [-0.4, -0.2) is 12.1 Å². The number of aromatic nitrogens is 1. The van der Waals surface area contributed by atoms with Crippen LogP contribution >= 0.6 is 0 Å². The van der Waals surface area contributed by atoms with Gasteiger partial charge in [0.15, 0.2) is 0 Å². The lowest BCUT2D eigenvalue weighted by Crippen LogP contribution is -1.95. The highest BCUT2D eigenvalue weighted by Gasteiger charge is 2.12. The summed E-state index contributed by atoms with van der Waals surface area (Å²) in [5.74, 6) is 0.866. The standard InChI is InChI=1S/C22H21NO/c1-3-21(17-7-5-4-6-8-17)22(19-13-15-23-16-14-19)18-9-11-20(24-2)12-10-18/h4-16H,3H2,1-2H3/b22-21-. The molecular formula is C22H21NO. The molecule has 2 heteroatoms. The number of ether oxygens (including phenoxy) is 1. The van der Waals surface area contributed by atoms with Gasteiger partial charge in [-0.15, -0.1) is 0 Å². The summed E-state index contributed by atoms with van der Waals surface area (Å²) in [6, 6.07) is 23.0. The van der Waals surface area contributed by atoms with Crippen LogP contribution in [0.5, 0.6) is 5.75 Å². The Morgan fingerprint density at radius 1 is 0.792 bits per heavy atom. The van der Waals surface area contributed by atoms with Crippen LogP contribution in [-0.2, 0) is 0 Å². The summed E-state index contributed by atoms with van der Waals surface area (Å²) in [6.45, 7) is 2.20. The molecule has 0 radical (unpaired) electrons. The van der Waals surface area contributed by atoms with Gasteiger partial charge < -0.3 is 4.74 Å². The molecule has 0 aliphatic rings. The second kappa shape index (κ2) is 7.60. The second-order valence-electron chi connectivity index (χ2n) is 5.54. The zero-order valence-electron chi connectivity index (χ0n) is 14.1. The molecule has 2 aromatic carbocycles. The lowest BCUT2D eigenvalue weighted by atomic mass is 9.88. The molecule has 0 aliphatic carbocycles. The molecule has 0 saturated carbocycles. The molecule has 3 rings (SSSR count). The highest BCUT2D eigenvalue weighted by atomic mass is 16.5. The van der Waals surface area contributed by atoms with Crippen LogP contribution in [0.1, 0.15) is 30.0 Å². The van der Waals surface area contributed by atoms with E-state index in [9.17, 15) is 0 Å². The maximum Gasteiger partial charge on any atom is 0.118 e. The SMILES string of the molecule is CC/C(=C(/c1ccncc1)c1ccc(OC)cc1)c1ccccc1. The molecular weight excluding hydrogens is 294 g/mol. The van der Waals surface area contributed by atoms with Crippen molar-refractivity contribution in [2.45, 2.75) is 13.3 Å². The number of methoxy groups -OCH3 is 1. The van der Waals surface area contributed by atoms with Crippen molar-refractivity contribution in [2.75, 3.05) is 7.11 Å². The van der Waals surface area contributed by atoms with E-state index >= 15 is 0 Å². The fourth-order valence-electron chi connectivity index (χ4n) is 2.96. The molecule has 0 fully saturated rings. The Labute approximate surface area is 143 Å². The molecule has 24 heavy (non-hydrogen) atoms. The lowest BCUT2D eigenvalue weighted by molar-refractivity contribution is 0.415. The summed E-state index contributed by atoms with van der Waals surface area (Å²) >= 11 is 0. The van der Waals surface area contributed by atoms with Crippen molar-refractivity contribution in [3.63, 3.8) is 0 Å². The molecule has 0 spiro atoms. The van der Waals surface area contributed by atoms with Gasteiger partial charge in [-0.1, -0.05) is 49.4 Å². The molecule has 0 bridgehead atoms. The summed E-state index contributed by atoms with van der Waals surface area (Å²) < 4.78 is 5.30. The third-order valence-corrected chi connectivity index (χ3v) is 4.13. The molecule has 0 amide bonds. The van der Waals surface area contributed by atoms with Gasteiger partial charge in [0.2, 0.25) is 0 Å². The van der Waals surface area contributed by atoms with Crippen molar-refractivity contribution in [3.8, 4) is 5.75 Å². The molecule has 3 aromatic rings. The van der Waals surface area contributed by atoms with E-state index < -0.39 is 0 Å². The summed E-state index contributed by atoms with van der Waals surface area (Å²) in [6.07, 6.45) is 4.64. The molecule has 0 N–H and O–H groups in total. The zero-order chi connectivity index (χ0) is 16.8. The third-order valence-electron chi connectivity index (χ3n) is 4.13. The van der Waals surface area contributed by atoms with E-state index in [1.807, 2.05) is 24.5 Å². The van der Waals surface area contributed by atoms with Crippen LogP contribution in [0.25, 0.3) is 11.1 Å². The van der Waals surface area contributed by atoms with E-state index in [4.69, 9.17) is 4.74 Å². The van der Waals surface area contributed by atoms with E-state index in [1.54, 1.807) is 7.11 Å². The first-order valence-electron chi connectivity index (χ1n) is 8.17. The fourth-order valence-corrected chi connectivity index (χ4v) is 2.96. The summed E-state index contributed by atoms with van der Waals surface area (Å²) in [4.78, 5) is 4.16. The topological polar surface area (TPSA) is 22.1 Å². The Bertz CT molecular complexity index is 806. The molecule has 0 saturated heterocycles. The van der Waals surface area contributed by atoms with Crippen LogP contribution < -0.4 is 4.74 Å². The van der Waals surface area contributed by atoms with Crippen molar-refractivity contribution < 1.29 is 4.74 Å². The summed E-state index contributed by atoms with van der Waals surface area (Å²) in [5, 5.41) is 0. The fraction of sp³-hybridized carbons (Fsp3) is 0.136. The molecule has 0 aliphatic heterocycles. The normalized spacial score (nSPS) is 11.8. The van der Waals surface area contributed by atoms with Gasteiger partial charge in [0, 0.05) is 12.4 Å². The minimum Gasteiger partial charge on any atom is -0.497 e. The van der Waals surface area contributed by atoms with Crippen LogP contribution in [0.4, 0.5) is 0 Å². The Kier molecular flexibility index (Phi) is 5.07. The van der Waals surface area contributed by atoms with Gasteiger partial charge in [-0.3, -0.25) is 4.98 Å². The first kappa shape index (κ1) is 16.0. The maximum absolute atomic E-state index is 5.30. The Balaban J connectivity index is 2.23. The molecule has 0 atom stereocenters. The monoisotopic (exact) mass is 315 g/mol.